The van der Waals surface area contributed by atoms with Gasteiger partial charge in [-0.15, -0.1) is 0 Å². The Bertz CT molecular complexity index is 251. The van der Waals surface area contributed by atoms with E-state index in [1.165, 1.54) is 6.42 Å². The van der Waals surface area contributed by atoms with Gasteiger partial charge in [0.05, 0.1) is 12.2 Å². The maximum atomic E-state index is 9.96. The van der Waals surface area contributed by atoms with Crippen LogP contribution in [0.4, 0.5) is 0 Å². The van der Waals surface area contributed by atoms with Crippen molar-refractivity contribution in [3.63, 3.8) is 0 Å². The maximum absolute atomic E-state index is 9.96. The van der Waals surface area contributed by atoms with Crippen LogP contribution < -0.4 is 5.32 Å². The number of hydrogen-bond donors (Lipinski definition) is 2. The van der Waals surface area contributed by atoms with Crippen molar-refractivity contribution in [2.45, 2.75) is 43.9 Å². The van der Waals surface area contributed by atoms with Gasteiger partial charge in [0.1, 0.15) is 6.04 Å². The molecule has 2 aliphatic rings. The molecule has 1 heterocycles. The summed E-state index contributed by atoms with van der Waals surface area (Å²) >= 11 is 0. The molecule has 0 aromatic rings. The fraction of sp³-hybridized carbons (Fsp3) is 0.909. The van der Waals surface area contributed by atoms with Crippen LogP contribution in [-0.4, -0.2) is 47.8 Å². The van der Waals surface area contributed by atoms with Crippen molar-refractivity contribution < 1.29 is 5.11 Å². The van der Waals surface area contributed by atoms with E-state index in [-0.39, 0.29) is 18.2 Å². The molecule has 0 radical (unpaired) electrons. The standard InChI is InChI=1S/C11H19N3O/c12-7-9-8-13-5-6-14(9)10-3-1-2-4-11(10)15/h9-11,13,15H,1-6,8H2. The summed E-state index contributed by atoms with van der Waals surface area (Å²) in [6.07, 6.45) is 4.02. The number of nitrogens with one attached hydrogen (secondary N) is 1. The van der Waals surface area contributed by atoms with Crippen molar-refractivity contribution in [1.82, 2.24) is 10.2 Å². The van der Waals surface area contributed by atoms with Crippen molar-refractivity contribution >= 4 is 0 Å². The average Bonchev–Trinajstić information content (AvgIpc) is 2.30. The van der Waals surface area contributed by atoms with Gasteiger partial charge < -0.3 is 10.4 Å². The van der Waals surface area contributed by atoms with Crippen molar-refractivity contribution in [1.29, 1.82) is 5.26 Å². The highest BCUT2D eigenvalue weighted by atomic mass is 16.3. The smallest absolute Gasteiger partial charge is 0.111 e. The average molecular weight is 209 g/mol. The third-order valence-electron chi connectivity index (χ3n) is 3.55. The van der Waals surface area contributed by atoms with Crippen LogP contribution in [-0.2, 0) is 0 Å². The number of aliphatic hydroxyl groups excluding tert-OH is 1. The molecule has 84 valence electrons. The molecule has 2 N–H and O–H groups in total. The Morgan fingerprint density at radius 2 is 2.13 bits per heavy atom. The molecule has 0 aromatic heterocycles. The van der Waals surface area contributed by atoms with Crippen LogP contribution in [0, 0.1) is 11.3 Å². The normalized spacial score (nSPS) is 38.5. The van der Waals surface area contributed by atoms with Gasteiger partial charge in [0.2, 0.25) is 0 Å². The van der Waals surface area contributed by atoms with Crippen molar-refractivity contribution in [3.8, 4) is 6.07 Å². The summed E-state index contributed by atoms with van der Waals surface area (Å²) < 4.78 is 0. The highest BCUT2D eigenvalue weighted by Crippen LogP contribution is 2.25. The Labute approximate surface area is 90.9 Å². The van der Waals surface area contributed by atoms with Crippen molar-refractivity contribution in [3.05, 3.63) is 0 Å². The Hall–Kier alpha value is -0.630. The second-order valence-electron chi connectivity index (χ2n) is 4.51. The number of aliphatic hydroxyl groups is 1. The summed E-state index contributed by atoms with van der Waals surface area (Å²) in [6.45, 7) is 2.56. The van der Waals surface area contributed by atoms with E-state index in [0.717, 1.165) is 38.9 Å². The van der Waals surface area contributed by atoms with Gasteiger partial charge >= 0.3 is 0 Å². The Morgan fingerprint density at radius 3 is 2.87 bits per heavy atom. The van der Waals surface area contributed by atoms with Gasteiger partial charge in [-0.25, -0.2) is 0 Å². The van der Waals surface area contributed by atoms with Crippen LogP contribution in [0.25, 0.3) is 0 Å². The van der Waals surface area contributed by atoms with E-state index >= 15 is 0 Å². The molecule has 3 unspecified atom stereocenters. The van der Waals surface area contributed by atoms with Gasteiger partial charge in [-0.3, -0.25) is 4.90 Å². The first-order valence-electron chi connectivity index (χ1n) is 5.87. The first-order chi connectivity index (χ1) is 7.33. The van der Waals surface area contributed by atoms with Gasteiger partial charge in [-0.1, -0.05) is 12.8 Å². The molecule has 0 bridgehead atoms. The Kier molecular flexibility index (Phi) is 3.57. The SMILES string of the molecule is N#CC1CNCCN1C1CCCCC1O. The molecule has 1 aliphatic carbocycles. The van der Waals surface area contributed by atoms with Gasteiger partial charge in [0, 0.05) is 25.7 Å². The molecule has 4 heteroatoms. The summed E-state index contributed by atoms with van der Waals surface area (Å²) in [5.74, 6) is 0. The lowest BCUT2D eigenvalue weighted by molar-refractivity contribution is 0.00143. The molecule has 1 saturated carbocycles. The highest BCUT2D eigenvalue weighted by molar-refractivity contribution is 5.00. The van der Waals surface area contributed by atoms with Crippen LogP contribution in [0.5, 0.6) is 0 Å². The van der Waals surface area contributed by atoms with Crippen LogP contribution in [0.2, 0.25) is 0 Å². The summed E-state index contributed by atoms with van der Waals surface area (Å²) in [6, 6.07) is 2.48. The zero-order valence-electron chi connectivity index (χ0n) is 9.02. The van der Waals surface area contributed by atoms with Gasteiger partial charge in [-0.05, 0) is 12.8 Å². The molecular weight excluding hydrogens is 190 g/mol. The largest absolute Gasteiger partial charge is 0.391 e. The van der Waals surface area contributed by atoms with Crippen LogP contribution in [0.15, 0.2) is 0 Å². The molecule has 3 atom stereocenters. The summed E-state index contributed by atoms with van der Waals surface area (Å²) in [5.41, 5.74) is 0. The fourth-order valence-corrected chi connectivity index (χ4v) is 2.72. The van der Waals surface area contributed by atoms with Crippen LogP contribution in [0.1, 0.15) is 25.7 Å². The zero-order valence-corrected chi connectivity index (χ0v) is 9.02. The second-order valence-corrected chi connectivity index (χ2v) is 4.51. The van der Waals surface area contributed by atoms with E-state index in [9.17, 15) is 5.11 Å². The predicted octanol–water partition coefficient (Wildman–Crippen LogP) is 0.0873. The minimum atomic E-state index is -0.229. The van der Waals surface area contributed by atoms with Crippen LogP contribution >= 0.6 is 0 Å². The third kappa shape index (κ3) is 2.31. The van der Waals surface area contributed by atoms with Crippen LogP contribution in [0.3, 0.4) is 0 Å². The molecule has 4 nitrogen and oxygen atoms in total. The van der Waals surface area contributed by atoms with E-state index in [1.54, 1.807) is 0 Å². The fourth-order valence-electron chi connectivity index (χ4n) is 2.72. The van der Waals surface area contributed by atoms with Gasteiger partial charge in [-0.2, -0.15) is 5.26 Å². The van der Waals surface area contributed by atoms with Gasteiger partial charge in [0.25, 0.3) is 0 Å². The van der Waals surface area contributed by atoms with Crippen molar-refractivity contribution in [2.24, 2.45) is 0 Å². The second kappa shape index (κ2) is 4.93. The van der Waals surface area contributed by atoms with Crippen molar-refractivity contribution in [2.75, 3.05) is 19.6 Å². The lowest BCUT2D eigenvalue weighted by Gasteiger charge is -2.42. The molecular formula is C11H19N3O. The lowest BCUT2D eigenvalue weighted by Crippen LogP contribution is -2.58. The lowest BCUT2D eigenvalue weighted by atomic mass is 9.90. The molecule has 1 aliphatic heterocycles. The number of nitrogens with zero attached hydrogens (tertiary/aromatic N) is 2. The molecule has 1 saturated heterocycles. The summed E-state index contributed by atoms with van der Waals surface area (Å²) in [7, 11) is 0. The highest BCUT2D eigenvalue weighted by Gasteiger charge is 2.34. The minimum absolute atomic E-state index is 0.0588. The zero-order chi connectivity index (χ0) is 10.7. The Morgan fingerprint density at radius 1 is 1.33 bits per heavy atom. The van der Waals surface area contributed by atoms with E-state index < -0.39 is 0 Å². The number of nitriles is 1. The monoisotopic (exact) mass is 209 g/mol. The number of hydrogen-bond acceptors (Lipinski definition) is 4. The first-order valence-corrected chi connectivity index (χ1v) is 5.87. The summed E-state index contributed by atoms with van der Waals surface area (Å²) in [4.78, 5) is 2.19. The molecule has 2 fully saturated rings. The third-order valence-corrected chi connectivity index (χ3v) is 3.55. The maximum Gasteiger partial charge on any atom is 0.111 e. The van der Waals surface area contributed by atoms with E-state index in [2.05, 4.69) is 16.3 Å². The summed E-state index contributed by atoms with van der Waals surface area (Å²) in [5, 5.41) is 22.3. The molecule has 0 spiro atoms. The van der Waals surface area contributed by atoms with E-state index in [1.807, 2.05) is 0 Å². The van der Waals surface area contributed by atoms with Gasteiger partial charge in [0.15, 0.2) is 0 Å². The number of rotatable bonds is 1. The molecule has 2 rings (SSSR count). The minimum Gasteiger partial charge on any atom is -0.391 e. The topological polar surface area (TPSA) is 59.3 Å². The van der Waals surface area contributed by atoms with E-state index in [0.29, 0.717) is 0 Å². The molecule has 0 aromatic carbocycles. The predicted molar refractivity (Wildman–Crippen MR) is 57.2 cm³/mol. The number of piperazine rings is 1. The Balaban J connectivity index is 2.03. The van der Waals surface area contributed by atoms with E-state index in [4.69, 9.17) is 5.26 Å². The first kappa shape index (κ1) is 10.9. The molecule has 15 heavy (non-hydrogen) atoms. The molecule has 0 amide bonds. The quantitative estimate of drug-likeness (QED) is 0.642.